The average Bonchev–Trinajstić information content (AvgIpc) is 2.37. The van der Waals surface area contributed by atoms with E-state index in [0.29, 0.717) is 4.47 Å². The number of rotatable bonds is 2. The maximum Gasteiger partial charge on any atom is 0.417 e. The van der Waals surface area contributed by atoms with Crippen LogP contribution < -0.4 is 0 Å². The molecule has 0 unspecified atom stereocenters. The van der Waals surface area contributed by atoms with Crippen LogP contribution in [0.4, 0.5) is 13.2 Å². The summed E-state index contributed by atoms with van der Waals surface area (Å²) in [5, 5.41) is 0. The number of alkyl halides is 3. The van der Waals surface area contributed by atoms with Crippen molar-refractivity contribution in [3.63, 3.8) is 0 Å². The maximum absolute atomic E-state index is 12.8. The number of benzene rings is 1. The van der Waals surface area contributed by atoms with Gasteiger partial charge in [0, 0.05) is 16.2 Å². The molecule has 19 heavy (non-hydrogen) atoms. The number of carbonyl (C=O) groups excluding carboxylic acids is 1. The molecule has 1 aromatic heterocycles. The number of pyridine rings is 1. The Kier molecular flexibility index (Phi) is 3.71. The SMILES string of the molecule is O=C(c1ccccc1C(F)(F)F)c1ncccc1Br. The Labute approximate surface area is 115 Å². The number of nitrogens with zero attached hydrogens (tertiary/aromatic N) is 1. The molecule has 0 bridgehead atoms. The van der Waals surface area contributed by atoms with Crippen LogP contribution in [0.3, 0.4) is 0 Å². The van der Waals surface area contributed by atoms with E-state index >= 15 is 0 Å². The third-order valence-corrected chi connectivity index (χ3v) is 3.09. The van der Waals surface area contributed by atoms with Gasteiger partial charge in [-0.2, -0.15) is 13.2 Å². The standard InChI is InChI=1S/C13H7BrF3NO/c14-10-6-3-7-18-11(10)12(19)8-4-1-2-5-9(8)13(15,16)17/h1-7H. The van der Waals surface area contributed by atoms with E-state index in [-0.39, 0.29) is 5.69 Å². The predicted molar refractivity (Wildman–Crippen MR) is 66.8 cm³/mol. The Bertz CT molecular complexity index is 625. The molecule has 1 heterocycles. The van der Waals surface area contributed by atoms with E-state index in [4.69, 9.17) is 0 Å². The summed E-state index contributed by atoms with van der Waals surface area (Å²) in [6.07, 6.45) is -3.22. The summed E-state index contributed by atoms with van der Waals surface area (Å²) in [7, 11) is 0. The molecule has 0 saturated heterocycles. The number of carbonyl (C=O) groups is 1. The lowest BCUT2D eigenvalue weighted by Crippen LogP contribution is -2.14. The summed E-state index contributed by atoms with van der Waals surface area (Å²) in [5.41, 5.74) is -1.41. The van der Waals surface area contributed by atoms with Gasteiger partial charge in [-0.25, -0.2) is 0 Å². The van der Waals surface area contributed by atoms with Crippen LogP contribution in [-0.4, -0.2) is 10.8 Å². The Morgan fingerprint density at radius 3 is 2.42 bits per heavy atom. The van der Waals surface area contributed by atoms with Crippen LogP contribution in [0, 0.1) is 0 Å². The highest BCUT2D eigenvalue weighted by Gasteiger charge is 2.35. The number of hydrogen-bond acceptors (Lipinski definition) is 2. The van der Waals surface area contributed by atoms with Gasteiger partial charge in [-0.05, 0) is 34.1 Å². The third kappa shape index (κ3) is 2.84. The van der Waals surface area contributed by atoms with E-state index in [9.17, 15) is 18.0 Å². The summed E-state index contributed by atoms with van der Waals surface area (Å²) in [6, 6.07) is 7.79. The molecule has 0 aliphatic rings. The second-order valence-corrected chi connectivity index (χ2v) is 4.56. The Hall–Kier alpha value is -1.69. The zero-order valence-corrected chi connectivity index (χ0v) is 11.0. The second-order valence-electron chi connectivity index (χ2n) is 3.71. The molecular formula is C13H7BrF3NO. The molecule has 2 aromatic rings. The molecule has 0 atom stereocenters. The van der Waals surface area contributed by atoms with Crippen molar-refractivity contribution in [2.45, 2.75) is 6.18 Å². The average molecular weight is 330 g/mol. The van der Waals surface area contributed by atoms with Crippen molar-refractivity contribution < 1.29 is 18.0 Å². The van der Waals surface area contributed by atoms with Crippen molar-refractivity contribution in [2.24, 2.45) is 0 Å². The van der Waals surface area contributed by atoms with Crippen LogP contribution in [0.2, 0.25) is 0 Å². The molecule has 0 aliphatic heterocycles. The molecule has 0 saturated carbocycles. The second kappa shape index (κ2) is 5.13. The lowest BCUT2D eigenvalue weighted by atomic mass is 10.0. The van der Waals surface area contributed by atoms with Gasteiger partial charge in [-0.1, -0.05) is 18.2 Å². The Morgan fingerprint density at radius 1 is 1.11 bits per heavy atom. The summed E-state index contributed by atoms with van der Waals surface area (Å²) in [5.74, 6) is -0.764. The molecule has 2 nitrogen and oxygen atoms in total. The number of aromatic nitrogens is 1. The largest absolute Gasteiger partial charge is 0.417 e. The highest BCUT2D eigenvalue weighted by Crippen LogP contribution is 2.33. The highest BCUT2D eigenvalue weighted by molar-refractivity contribution is 9.10. The first-order chi connectivity index (χ1) is 8.91. The fourth-order valence-electron chi connectivity index (χ4n) is 1.61. The fraction of sp³-hybridized carbons (Fsp3) is 0.0769. The monoisotopic (exact) mass is 329 g/mol. The van der Waals surface area contributed by atoms with Gasteiger partial charge in [0.15, 0.2) is 0 Å². The van der Waals surface area contributed by atoms with E-state index in [1.54, 1.807) is 12.1 Å². The first-order valence-corrected chi connectivity index (χ1v) is 6.02. The van der Waals surface area contributed by atoms with Gasteiger partial charge in [0.2, 0.25) is 5.78 Å². The molecule has 0 radical (unpaired) electrons. The minimum absolute atomic E-state index is 0.0424. The van der Waals surface area contributed by atoms with Gasteiger partial charge in [0.05, 0.1) is 5.56 Å². The highest BCUT2D eigenvalue weighted by atomic mass is 79.9. The van der Waals surface area contributed by atoms with Gasteiger partial charge in [0.1, 0.15) is 5.69 Å². The summed E-state index contributed by atoms with van der Waals surface area (Å²) in [4.78, 5) is 16.0. The number of ketones is 1. The normalized spacial score (nSPS) is 11.4. The third-order valence-electron chi connectivity index (χ3n) is 2.45. The topological polar surface area (TPSA) is 30.0 Å². The van der Waals surface area contributed by atoms with Crippen LogP contribution in [0.5, 0.6) is 0 Å². The summed E-state index contributed by atoms with van der Waals surface area (Å²) < 4.78 is 38.9. The van der Waals surface area contributed by atoms with Gasteiger partial charge in [-0.3, -0.25) is 9.78 Å². The molecular weight excluding hydrogens is 323 g/mol. The van der Waals surface area contributed by atoms with Crippen molar-refractivity contribution in [3.8, 4) is 0 Å². The van der Waals surface area contributed by atoms with Crippen molar-refractivity contribution in [3.05, 3.63) is 63.9 Å². The first-order valence-electron chi connectivity index (χ1n) is 5.22. The fourth-order valence-corrected chi connectivity index (χ4v) is 2.04. The van der Waals surface area contributed by atoms with Gasteiger partial charge < -0.3 is 0 Å². The van der Waals surface area contributed by atoms with E-state index in [2.05, 4.69) is 20.9 Å². The smallest absolute Gasteiger partial charge is 0.287 e. The van der Waals surface area contributed by atoms with Crippen LogP contribution in [-0.2, 0) is 6.18 Å². The van der Waals surface area contributed by atoms with Crippen molar-refractivity contribution in [2.75, 3.05) is 0 Å². The lowest BCUT2D eigenvalue weighted by Gasteiger charge is -2.11. The van der Waals surface area contributed by atoms with Crippen LogP contribution in [0.25, 0.3) is 0 Å². The van der Waals surface area contributed by atoms with Gasteiger partial charge in [0.25, 0.3) is 0 Å². The predicted octanol–water partition coefficient (Wildman–Crippen LogP) is 4.09. The molecule has 98 valence electrons. The number of halogens is 4. The van der Waals surface area contributed by atoms with Gasteiger partial charge >= 0.3 is 6.18 Å². The maximum atomic E-state index is 12.8. The molecule has 2 rings (SSSR count). The molecule has 0 amide bonds. The molecule has 1 aromatic carbocycles. The van der Waals surface area contributed by atoms with Crippen LogP contribution in [0.15, 0.2) is 47.1 Å². The Balaban J connectivity index is 2.55. The van der Waals surface area contributed by atoms with E-state index in [0.717, 1.165) is 12.1 Å². The van der Waals surface area contributed by atoms with Gasteiger partial charge in [-0.15, -0.1) is 0 Å². The minimum atomic E-state index is -4.58. The zero-order valence-electron chi connectivity index (χ0n) is 9.41. The first kappa shape index (κ1) is 13.7. The van der Waals surface area contributed by atoms with Crippen molar-refractivity contribution >= 4 is 21.7 Å². The van der Waals surface area contributed by atoms with E-state index in [1.165, 1.54) is 18.3 Å². The summed E-state index contributed by atoms with van der Waals surface area (Å²) >= 11 is 3.10. The Morgan fingerprint density at radius 2 is 1.79 bits per heavy atom. The molecule has 6 heteroatoms. The summed E-state index contributed by atoms with van der Waals surface area (Å²) in [6.45, 7) is 0. The minimum Gasteiger partial charge on any atom is -0.287 e. The lowest BCUT2D eigenvalue weighted by molar-refractivity contribution is -0.137. The van der Waals surface area contributed by atoms with E-state index < -0.39 is 23.1 Å². The quantitative estimate of drug-likeness (QED) is 0.776. The van der Waals surface area contributed by atoms with Crippen molar-refractivity contribution in [1.82, 2.24) is 4.98 Å². The number of hydrogen-bond donors (Lipinski definition) is 0. The molecule has 0 aliphatic carbocycles. The zero-order chi connectivity index (χ0) is 14.0. The molecule has 0 fully saturated rings. The van der Waals surface area contributed by atoms with Crippen LogP contribution in [0.1, 0.15) is 21.6 Å². The molecule has 0 N–H and O–H groups in total. The molecule has 0 spiro atoms. The van der Waals surface area contributed by atoms with E-state index in [1.807, 2.05) is 0 Å². The van der Waals surface area contributed by atoms with Crippen LogP contribution >= 0.6 is 15.9 Å². The van der Waals surface area contributed by atoms with Crippen molar-refractivity contribution in [1.29, 1.82) is 0 Å².